The zero-order chi connectivity index (χ0) is 10.8. The van der Waals surface area contributed by atoms with Crippen LogP contribution in [0.4, 0.5) is 0 Å². The lowest BCUT2D eigenvalue weighted by atomic mass is 10.1. The van der Waals surface area contributed by atoms with Gasteiger partial charge in [0, 0.05) is 22.1 Å². The maximum Gasteiger partial charge on any atom is 0.233 e. The van der Waals surface area contributed by atoms with Crippen molar-refractivity contribution in [1.82, 2.24) is 4.98 Å². The molecule has 1 N–H and O–H groups in total. The third kappa shape index (κ3) is 1.94. The number of furan rings is 1. The summed E-state index contributed by atoms with van der Waals surface area (Å²) in [5.41, 5.74) is 0.868. The van der Waals surface area contributed by atoms with Crippen LogP contribution in [0.15, 0.2) is 29.0 Å². The zero-order valence-corrected chi connectivity index (χ0v) is 7.66. The Morgan fingerprint density at radius 2 is 2.47 bits per heavy atom. The van der Waals surface area contributed by atoms with Gasteiger partial charge in [-0.3, -0.25) is 10.1 Å². The molecule has 2 heterocycles. The van der Waals surface area contributed by atoms with E-state index in [4.69, 9.17) is 4.42 Å². The molecule has 0 fully saturated rings. The van der Waals surface area contributed by atoms with Gasteiger partial charge in [0.1, 0.15) is 6.10 Å². The molecule has 1 atom stereocenters. The number of hydrogen-bond donors (Lipinski definition) is 1. The monoisotopic (exact) mass is 208 g/mol. The van der Waals surface area contributed by atoms with E-state index in [9.17, 15) is 15.2 Å². The van der Waals surface area contributed by atoms with Crippen LogP contribution in [0.3, 0.4) is 0 Å². The van der Waals surface area contributed by atoms with E-state index in [0.717, 1.165) is 5.39 Å². The molecule has 2 aromatic rings. The molecule has 15 heavy (non-hydrogen) atoms. The zero-order valence-electron chi connectivity index (χ0n) is 7.66. The van der Waals surface area contributed by atoms with Gasteiger partial charge in [-0.15, -0.1) is 0 Å². The van der Waals surface area contributed by atoms with Crippen LogP contribution >= 0.6 is 0 Å². The Balaban J connectivity index is 2.30. The molecule has 0 amide bonds. The standard InChI is InChI=1S/C9H8N2O4/c12-8(5-11(13)14)7-3-6-1-2-15-9(6)10-4-7/h1-4,8,12H,5H2. The molecule has 0 radical (unpaired) electrons. The summed E-state index contributed by atoms with van der Waals surface area (Å²) in [6.07, 6.45) is 1.72. The van der Waals surface area contributed by atoms with Crippen molar-refractivity contribution in [3.05, 3.63) is 40.3 Å². The summed E-state index contributed by atoms with van der Waals surface area (Å²) in [6, 6.07) is 3.31. The predicted octanol–water partition coefficient (Wildman–Crippen LogP) is 1.14. The van der Waals surface area contributed by atoms with Gasteiger partial charge in [0.05, 0.1) is 6.26 Å². The third-order valence-corrected chi connectivity index (χ3v) is 2.03. The molecular formula is C9H8N2O4. The van der Waals surface area contributed by atoms with Crippen LogP contribution < -0.4 is 0 Å². The lowest BCUT2D eigenvalue weighted by molar-refractivity contribution is -0.491. The summed E-state index contributed by atoms with van der Waals surface area (Å²) in [5.74, 6) is 0. The second-order valence-corrected chi connectivity index (χ2v) is 3.11. The first kappa shape index (κ1) is 9.60. The molecule has 0 saturated carbocycles. The molecule has 6 nitrogen and oxygen atoms in total. The van der Waals surface area contributed by atoms with Crippen molar-refractivity contribution in [1.29, 1.82) is 0 Å². The highest BCUT2D eigenvalue weighted by atomic mass is 16.6. The number of nitrogens with zero attached hydrogens (tertiary/aromatic N) is 2. The SMILES string of the molecule is O=[N+]([O-])CC(O)c1cnc2occc2c1. The highest BCUT2D eigenvalue weighted by Gasteiger charge is 2.15. The van der Waals surface area contributed by atoms with E-state index in [0.29, 0.717) is 11.3 Å². The van der Waals surface area contributed by atoms with E-state index < -0.39 is 17.6 Å². The van der Waals surface area contributed by atoms with Crippen molar-refractivity contribution in [3.8, 4) is 0 Å². The molecule has 6 heteroatoms. The maximum absolute atomic E-state index is 10.2. The second kappa shape index (κ2) is 3.66. The van der Waals surface area contributed by atoms with Crippen molar-refractivity contribution in [2.75, 3.05) is 6.54 Å². The van der Waals surface area contributed by atoms with Crippen LogP contribution in [-0.2, 0) is 0 Å². The van der Waals surface area contributed by atoms with E-state index in [1.165, 1.54) is 12.5 Å². The number of aromatic nitrogens is 1. The second-order valence-electron chi connectivity index (χ2n) is 3.11. The third-order valence-electron chi connectivity index (χ3n) is 2.03. The van der Waals surface area contributed by atoms with Crippen LogP contribution in [0.1, 0.15) is 11.7 Å². The molecule has 0 aromatic carbocycles. The van der Waals surface area contributed by atoms with Gasteiger partial charge in [-0.05, 0) is 12.1 Å². The minimum atomic E-state index is -1.13. The summed E-state index contributed by atoms with van der Waals surface area (Å²) < 4.78 is 5.01. The Hall–Kier alpha value is -1.95. The molecule has 0 aliphatic rings. The fraction of sp³-hybridized carbons (Fsp3) is 0.222. The Bertz CT molecular complexity index is 494. The quantitative estimate of drug-likeness (QED) is 0.603. The van der Waals surface area contributed by atoms with Gasteiger partial charge in [0.15, 0.2) is 0 Å². The fourth-order valence-electron chi connectivity index (χ4n) is 1.30. The minimum absolute atomic E-state index is 0.417. The lowest BCUT2D eigenvalue weighted by Gasteiger charge is -2.04. The Morgan fingerprint density at radius 1 is 1.67 bits per heavy atom. The van der Waals surface area contributed by atoms with Gasteiger partial charge in [-0.25, -0.2) is 4.98 Å². The average Bonchev–Trinajstić information content (AvgIpc) is 2.62. The van der Waals surface area contributed by atoms with Gasteiger partial charge in [-0.1, -0.05) is 0 Å². The topological polar surface area (TPSA) is 89.4 Å². The van der Waals surface area contributed by atoms with Crippen LogP contribution in [0.5, 0.6) is 0 Å². The molecule has 0 aliphatic heterocycles. The highest BCUT2D eigenvalue weighted by Crippen LogP contribution is 2.18. The van der Waals surface area contributed by atoms with E-state index in [1.54, 1.807) is 12.1 Å². The first-order valence-corrected chi connectivity index (χ1v) is 4.30. The fourth-order valence-corrected chi connectivity index (χ4v) is 1.30. The van der Waals surface area contributed by atoms with Crippen LogP contribution in [0, 0.1) is 10.1 Å². The molecule has 78 valence electrons. The van der Waals surface area contributed by atoms with E-state index in [2.05, 4.69) is 4.98 Å². The molecule has 0 aliphatic carbocycles. The largest absolute Gasteiger partial charge is 0.446 e. The first-order valence-electron chi connectivity index (χ1n) is 4.30. The summed E-state index contributed by atoms with van der Waals surface area (Å²) in [5, 5.41) is 20.4. The van der Waals surface area contributed by atoms with E-state index in [1.807, 2.05) is 0 Å². The smallest absolute Gasteiger partial charge is 0.233 e. The van der Waals surface area contributed by atoms with Gasteiger partial charge in [-0.2, -0.15) is 0 Å². The highest BCUT2D eigenvalue weighted by molar-refractivity contribution is 5.73. The van der Waals surface area contributed by atoms with Gasteiger partial charge in [0.2, 0.25) is 12.3 Å². The molecule has 2 rings (SSSR count). The summed E-state index contributed by atoms with van der Waals surface area (Å²) in [4.78, 5) is 13.6. The molecule has 1 unspecified atom stereocenters. The average molecular weight is 208 g/mol. The van der Waals surface area contributed by atoms with Gasteiger partial charge >= 0.3 is 0 Å². The number of pyridine rings is 1. The molecule has 0 spiro atoms. The van der Waals surface area contributed by atoms with Gasteiger partial charge in [0.25, 0.3) is 0 Å². The Kier molecular flexibility index (Phi) is 2.34. The number of nitro groups is 1. The van der Waals surface area contributed by atoms with Crippen molar-refractivity contribution in [2.45, 2.75) is 6.10 Å². The number of rotatable bonds is 3. The number of aliphatic hydroxyl groups excluding tert-OH is 1. The van der Waals surface area contributed by atoms with E-state index >= 15 is 0 Å². The molecular weight excluding hydrogens is 200 g/mol. The van der Waals surface area contributed by atoms with Crippen molar-refractivity contribution >= 4 is 11.1 Å². The predicted molar refractivity (Wildman–Crippen MR) is 50.8 cm³/mol. The Morgan fingerprint density at radius 3 is 3.20 bits per heavy atom. The summed E-state index contributed by atoms with van der Waals surface area (Å²) >= 11 is 0. The van der Waals surface area contributed by atoms with Crippen LogP contribution in [0.25, 0.3) is 11.1 Å². The van der Waals surface area contributed by atoms with E-state index in [-0.39, 0.29) is 0 Å². The first-order chi connectivity index (χ1) is 7.16. The lowest BCUT2D eigenvalue weighted by Crippen LogP contribution is -2.11. The van der Waals surface area contributed by atoms with Crippen LogP contribution in [-0.4, -0.2) is 21.6 Å². The normalized spacial score (nSPS) is 12.9. The molecule has 0 saturated heterocycles. The van der Waals surface area contributed by atoms with Crippen molar-refractivity contribution in [2.24, 2.45) is 0 Å². The van der Waals surface area contributed by atoms with Crippen molar-refractivity contribution in [3.63, 3.8) is 0 Å². The number of fused-ring (bicyclic) bond motifs is 1. The van der Waals surface area contributed by atoms with Crippen LogP contribution in [0.2, 0.25) is 0 Å². The number of aliphatic hydroxyl groups is 1. The maximum atomic E-state index is 10.2. The van der Waals surface area contributed by atoms with Gasteiger partial charge < -0.3 is 9.52 Å². The van der Waals surface area contributed by atoms with Crippen molar-refractivity contribution < 1.29 is 14.4 Å². The number of hydrogen-bond acceptors (Lipinski definition) is 5. The molecule has 2 aromatic heterocycles. The summed E-state index contributed by atoms with van der Waals surface area (Å²) in [6.45, 7) is -0.523. The summed E-state index contributed by atoms with van der Waals surface area (Å²) in [7, 11) is 0. The Labute approximate surface area is 84.3 Å². The minimum Gasteiger partial charge on any atom is -0.446 e. The molecule has 0 bridgehead atoms.